The van der Waals surface area contributed by atoms with Gasteiger partial charge in [0.25, 0.3) is 0 Å². The van der Waals surface area contributed by atoms with Crippen molar-refractivity contribution < 1.29 is 9.90 Å². The fourth-order valence-corrected chi connectivity index (χ4v) is 0.983. The van der Waals surface area contributed by atoms with Crippen molar-refractivity contribution in [1.29, 1.82) is 0 Å². The lowest BCUT2D eigenvalue weighted by molar-refractivity contribution is 0.0696. The first-order valence-electron chi connectivity index (χ1n) is 3.42. The Labute approximate surface area is 88.6 Å². The zero-order valence-corrected chi connectivity index (χ0v) is 9.33. The molecule has 0 aliphatic heterocycles. The number of aryl methyl sites for hydroxylation is 1. The Balaban J connectivity index is 0.00000121. The quantitative estimate of drug-likeness (QED) is 0.802. The average Bonchev–Trinajstić information content (AvgIpc) is 1.94. The molecule has 1 aromatic rings. The Kier molecular flexibility index (Phi) is 4.23. The summed E-state index contributed by atoms with van der Waals surface area (Å²) >= 11 is 0. The minimum absolute atomic E-state index is 0. The number of hydrogen-bond donors (Lipinski definition) is 1. The van der Waals surface area contributed by atoms with Crippen LogP contribution in [0.5, 0.6) is 0 Å². The van der Waals surface area contributed by atoms with E-state index >= 15 is 0 Å². The second kappa shape index (κ2) is 4.45. The van der Waals surface area contributed by atoms with Crippen LogP contribution in [0.25, 0.3) is 0 Å². The van der Waals surface area contributed by atoms with Crippen LogP contribution in [-0.4, -0.2) is 11.1 Å². The highest BCUT2D eigenvalue weighted by molar-refractivity contribution is 14.0. The van der Waals surface area contributed by atoms with Gasteiger partial charge in [0.1, 0.15) is 0 Å². The summed E-state index contributed by atoms with van der Waals surface area (Å²) in [5.41, 5.74) is 2.26. The number of carboxylic acid groups (broad SMARTS) is 1. The highest BCUT2D eigenvalue weighted by Gasteiger charge is 2.06. The monoisotopic (exact) mass is 278 g/mol. The summed E-state index contributed by atoms with van der Waals surface area (Å²) in [6.45, 7) is 3.72. The molecule has 0 aromatic heterocycles. The molecule has 66 valence electrons. The lowest BCUT2D eigenvalue weighted by Crippen LogP contribution is -2.00. The number of rotatable bonds is 1. The molecule has 1 aromatic carbocycles. The lowest BCUT2D eigenvalue weighted by atomic mass is 10.0. The summed E-state index contributed by atoms with van der Waals surface area (Å²) in [5.74, 6) is -0.855. The van der Waals surface area contributed by atoms with Crippen molar-refractivity contribution in [3.63, 3.8) is 0 Å². The highest BCUT2D eigenvalue weighted by Crippen LogP contribution is 2.11. The molecule has 1 rings (SSSR count). The average molecular weight is 278 g/mol. The molecule has 0 bridgehead atoms. The molecular formula is C9H11IO2. The minimum atomic E-state index is -0.855. The molecule has 0 heterocycles. The number of benzene rings is 1. The summed E-state index contributed by atoms with van der Waals surface area (Å²) in [5, 5.41) is 8.69. The van der Waals surface area contributed by atoms with Gasteiger partial charge in [0.15, 0.2) is 0 Å². The lowest BCUT2D eigenvalue weighted by Gasteiger charge is -2.02. The van der Waals surface area contributed by atoms with Crippen LogP contribution in [0.3, 0.4) is 0 Å². The number of carbonyl (C=O) groups is 1. The van der Waals surface area contributed by atoms with E-state index in [1.54, 1.807) is 12.1 Å². The van der Waals surface area contributed by atoms with Gasteiger partial charge in [-0.25, -0.2) is 4.79 Å². The van der Waals surface area contributed by atoms with Gasteiger partial charge in [-0.2, -0.15) is 0 Å². The number of hydrogen-bond acceptors (Lipinski definition) is 1. The van der Waals surface area contributed by atoms with Crippen LogP contribution in [-0.2, 0) is 0 Å². The summed E-state index contributed by atoms with van der Waals surface area (Å²) in [7, 11) is 0. The Bertz CT molecular complexity index is 295. The Hall–Kier alpha value is -0.580. The van der Waals surface area contributed by atoms with Crippen LogP contribution < -0.4 is 0 Å². The van der Waals surface area contributed by atoms with Gasteiger partial charge in [0.05, 0.1) is 5.56 Å². The number of halogens is 1. The summed E-state index contributed by atoms with van der Waals surface area (Å²) in [6.07, 6.45) is 0. The first kappa shape index (κ1) is 11.4. The van der Waals surface area contributed by atoms with E-state index in [0.717, 1.165) is 11.1 Å². The predicted molar refractivity (Wildman–Crippen MR) is 58.3 cm³/mol. The van der Waals surface area contributed by atoms with Crippen molar-refractivity contribution in [2.24, 2.45) is 0 Å². The Morgan fingerprint density at radius 3 is 2.33 bits per heavy atom. The van der Waals surface area contributed by atoms with Gasteiger partial charge >= 0.3 is 5.97 Å². The molecule has 2 nitrogen and oxygen atoms in total. The van der Waals surface area contributed by atoms with Gasteiger partial charge in [0, 0.05) is 0 Å². The third kappa shape index (κ3) is 2.20. The normalized spacial score (nSPS) is 8.83. The van der Waals surface area contributed by atoms with Crippen LogP contribution in [0.1, 0.15) is 21.5 Å². The van der Waals surface area contributed by atoms with Crippen molar-refractivity contribution in [2.75, 3.05) is 0 Å². The van der Waals surface area contributed by atoms with Crippen LogP contribution >= 0.6 is 24.0 Å². The minimum Gasteiger partial charge on any atom is -0.478 e. The molecule has 0 aliphatic rings. The van der Waals surface area contributed by atoms with E-state index in [4.69, 9.17) is 5.11 Å². The number of aromatic carboxylic acids is 1. The van der Waals surface area contributed by atoms with Gasteiger partial charge in [-0.3, -0.25) is 0 Å². The van der Waals surface area contributed by atoms with Gasteiger partial charge < -0.3 is 5.11 Å². The van der Waals surface area contributed by atoms with Crippen LogP contribution in [0.15, 0.2) is 18.2 Å². The largest absolute Gasteiger partial charge is 0.478 e. The molecule has 0 atom stereocenters. The van der Waals surface area contributed by atoms with E-state index in [9.17, 15) is 4.79 Å². The summed E-state index contributed by atoms with van der Waals surface area (Å²) in [6, 6.07) is 5.28. The van der Waals surface area contributed by atoms with E-state index in [0.29, 0.717) is 5.56 Å². The third-order valence-corrected chi connectivity index (χ3v) is 1.84. The fraction of sp³-hybridized carbons (Fsp3) is 0.222. The van der Waals surface area contributed by atoms with Crippen molar-refractivity contribution >= 4 is 29.9 Å². The fourth-order valence-electron chi connectivity index (χ4n) is 0.983. The zero-order valence-electron chi connectivity index (χ0n) is 7.00. The van der Waals surface area contributed by atoms with Crippen molar-refractivity contribution in [3.05, 3.63) is 34.9 Å². The second-order valence-electron chi connectivity index (χ2n) is 2.55. The SMILES string of the molecule is Cc1cccc(C(=O)O)c1C.I. The molecule has 0 unspecified atom stereocenters. The first-order chi connectivity index (χ1) is 5.13. The molecule has 12 heavy (non-hydrogen) atoms. The van der Waals surface area contributed by atoms with Gasteiger partial charge in [-0.05, 0) is 31.0 Å². The van der Waals surface area contributed by atoms with Gasteiger partial charge in [0.2, 0.25) is 0 Å². The number of carboxylic acids is 1. The van der Waals surface area contributed by atoms with Crippen molar-refractivity contribution in [1.82, 2.24) is 0 Å². The molecule has 0 fully saturated rings. The van der Waals surface area contributed by atoms with E-state index < -0.39 is 5.97 Å². The van der Waals surface area contributed by atoms with Crippen LogP contribution in [0.4, 0.5) is 0 Å². The van der Waals surface area contributed by atoms with Crippen molar-refractivity contribution in [2.45, 2.75) is 13.8 Å². The first-order valence-corrected chi connectivity index (χ1v) is 3.42. The van der Waals surface area contributed by atoms with Crippen LogP contribution in [0, 0.1) is 13.8 Å². The Morgan fingerprint density at radius 2 is 1.92 bits per heavy atom. The maximum absolute atomic E-state index is 10.6. The van der Waals surface area contributed by atoms with E-state index in [1.165, 1.54) is 0 Å². The highest BCUT2D eigenvalue weighted by atomic mass is 127. The molecule has 1 N–H and O–H groups in total. The smallest absolute Gasteiger partial charge is 0.335 e. The molecule has 0 amide bonds. The Morgan fingerprint density at radius 1 is 1.33 bits per heavy atom. The topological polar surface area (TPSA) is 37.3 Å². The van der Waals surface area contributed by atoms with E-state index in [-0.39, 0.29) is 24.0 Å². The summed E-state index contributed by atoms with van der Waals surface area (Å²) in [4.78, 5) is 10.6. The summed E-state index contributed by atoms with van der Waals surface area (Å²) < 4.78 is 0. The van der Waals surface area contributed by atoms with Gasteiger partial charge in [-0.1, -0.05) is 12.1 Å². The molecule has 3 heteroatoms. The molecule has 0 radical (unpaired) electrons. The molecule has 0 saturated heterocycles. The maximum atomic E-state index is 10.6. The predicted octanol–water partition coefficient (Wildman–Crippen LogP) is 2.62. The van der Waals surface area contributed by atoms with Gasteiger partial charge in [-0.15, -0.1) is 24.0 Å². The van der Waals surface area contributed by atoms with E-state index in [1.807, 2.05) is 19.9 Å². The molecule has 0 aliphatic carbocycles. The maximum Gasteiger partial charge on any atom is 0.335 e. The second-order valence-corrected chi connectivity index (χ2v) is 2.55. The zero-order chi connectivity index (χ0) is 8.43. The van der Waals surface area contributed by atoms with E-state index in [2.05, 4.69) is 0 Å². The third-order valence-electron chi connectivity index (χ3n) is 1.84. The molecular weight excluding hydrogens is 267 g/mol. The standard InChI is InChI=1S/C9H10O2.HI/c1-6-4-3-5-8(7(6)2)9(10)11;/h3-5H,1-2H3,(H,10,11);1H. The molecule has 0 spiro atoms. The van der Waals surface area contributed by atoms with Crippen molar-refractivity contribution in [3.8, 4) is 0 Å². The molecule has 0 saturated carbocycles. The van der Waals surface area contributed by atoms with Crippen LogP contribution in [0.2, 0.25) is 0 Å².